The van der Waals surface area contributed by atoms with Crippen molar-refractivity contribution < 1.29 is 4.79 Å². The number of likely N-dealkylation sites (tertiary alicyclic amines) is 1. The number of rotatable bonds is 3. The molecule has 2 aliphatic heterocycles. The lowest BCUT2D eigenvalue weighted by Crippen LogP contribution is -2.43. The number of nitrogens with one attached hydrogen (secondary N) is 1. The Hall–Kier alpha value is -0.610. The molecule has 1 saturated carbocycles. The van der Waals surface area contributed by atoms with Gasteiger partial charge in [-0.1, -0.05) is 0 Å². The van der Waals surface area contributed by atoms with Crippen LogP contribution in [-0.2, 0) is 4.79 Å². The van der Waals surface area contributed by atoms with Gasteiger partial charge in [-0.3, -0.25) is 4.79 Å². The van der Waals surface area contributed by atoms with Crippen LogP contribution in [0.1, 0.15) is 25.7 Å². The van der Waals surface area contributed by atoms with Crippen LogP contribution in [0.4, 0.5) is 0 Å². The molecule has 102 valence electrons. The Morgan fingerprint density at radius 3 is 2.89 bits per heavy atom. The van der Waals surface area contributed by atoms with Gasteiger partial charge in [-0.25, -0.2) is 0 Å². The molecule has 4 nitrogen and oxygen atoms in total. The highest BCUT2D eigenvalue weighted by Gasteiger charge is 2.44. The minimum Gasteiger partial charge on any atom is -0.342 e. The highest BCUT2D eigenvalue weighted by Crippen LogP contribution is 2.40. The maximum atomic E-state index is 12.3. The van der Waals surface area contributed by atoms with Gasteiger partial charge in [0.15, 0.2) is 0 Å². The summed E-state index contributed by atoms with van der Waals surface area (Å²) in [6.45, 7) is 4.97. The Labute approximate surface area is 109 Å². The summed E-state index contributed by atoms with van der Waals surface area (Å²) in [6, 6.07) is 0. The first kappa shape index (κ1) is 12.4. The first-order chi connectivity index (χ1) is 8.79. The van der Waals surface area contributed by atoms with Gasteiger partial charge in [-0.05, 0) is 63.1 Å². The number of carbonyl (C=O) groups excluding carboxylic acids is 1. The lowest BCUT2D eigenvalue weighted by molar-refractivity contribution is -0.135. The monoisotopic (exact) mass is 251 g/mol. The van der Waals surface area contributed by atoms with Crippen molar-refractivity contribution in [3.05, 3.63) is 0 Å². The Kier molecular flexibility index (Phi) is 3.57. The van der Waals surface area contributed by atoms with Crippen LogP contribution in [0, 0.1) is 23.7 Å². The third kappa shape index (κ3) is 2.41. The van der Waals surface area contributed by atoms with E-state index in [0.717, 1.165) is 44.4 Å². The predicted molar refractivity (Wildman–Crippen MR) is 70.9 cm³/mol. The van der Waals surface area contributed by atoms with Gasteiger partial charge in [0.05, 0.1) is 0 Å². The molecular weight excluding hydrogens is 226 g/mol. The molecule has 0 radical (unpaired) electrons. The second kappa shape index (κ2) is 5.17. The van der Waals surface area contributed by atoms with Gasteiger partial charge in [-0.15, -0.1) is 0 Å². The summed E-state index contributed by atoms with van der Waals surface area (Å²) in [6.07, 6.45) is 4.82. The van der Waals surface area contributed by atoms with Gasteiger partial charge in [0.25, 0.3) is 0 Å². The largest absolute Gasteiger partial charge is 0.342 e. The minimum absolute atomic E-state index is 0.260. The molecular formula is C14H25N3O. The smallest absolute Gasteiger partial charge is 0.226 e. The van der Waals surface area contributed by atoms with Crippen LogP contribution in [0.3, 0.4) is 0 Å². The fourth-order valence-electron chi connectivity index (χ4n) is 3.72. The average Bonchev–Trinajstić information content (AvgIpc) is 3.00. The van der Waals surface area contributed by atoms with Crippen LogP contribution in [0.5, 0.6) is 0 Å². The van der Waals surface area contributed by atoms with Crippen molar-refractivity contribution in [2.45, 2.75) is 25.7 Å². The van der Waals surface area contributed by atoms with Crippen molar-refractivity contribution in [3.63, 3.8) is 0 Å². The molecule has 4 atom stereocenters. The quantitative estimate of drug-likeness (QED) is 0.765. The topological polar surface area (TPSA) is 58.4 Å². The van der Waals surface area contributed by atoms with Gasteiger partial charge in [0, 0.05) is 19.0 Å². The number of carbonyl (C=O) groups is 1. The summed E-state index contributed by atoms with van der Waals surface area (Å²) < 4.78 is 0. The number of nitrogens with two attached hydrogens (primary N) is 1. The molecule has 2 heterocycles. The number of amides is 1. The Bertz CT molecular complexity index is 314. The molecule has 3 rings (SSSR count). The number of hydrogen-bond acceptors (Lipinski definition) is 3. The van der Waals surface area contributed by atoms with Gasteiger partial charge in [0.1, 0.15) is 0 Å². The van der Waals surface area contributed by atoms with Crippen molar-refractivity contribution in [2.75, 3.05) is 32.7 Å². The van der Waals surface area contributed by atoms with Crippen molar-refractivity contribution in [2.24, 2.45) is 29.4 Å². The van der Waals surface area contributed by atoms with Crippen molar-refractivity contribution in [1.29, 1.82) is 0 Å². The van der Waals surface area contributed by atoms with E-state index in [1.165, 1.54) is 19.3 Å². The zero-order valence-electron chi connectivity index (χ0n) is 11.1. The zero-order chi connectivity index (χ0) is 12.5. The minimum atomic E-state index is 0.260. The third-order valence-electron chi connectivity index (χ3n) is 5.08. The molecule has 0 bridgehead atoms. The summed E-state index contributed by atoms with van der Waals surface area (Å²) in [5, 5.41) is 3.45. The molecule has 0 aromatic heterocycles. The standard InChI is InChI=1S/C14H25N3O/c15-7-12-6-13(12)14(18)17-5-1-2-11(9-17)10-3-4-16-8-10/h10-13,16H,1-9,15H2/t10?,11?,12-,13-/m0/s1. The van der Waals surface area contributed by atoms with Gasteiger partial charge >= 0.3 is 0 Å². The highest BCUT2D eigenvalue weighted by molar-refractivity contribution is 5.81. The molecule has 4 heteroatoms. The SMILES string of the molecule is NC[C@@H]1C[C@@H]1C(=O)N1CCCC(C2CCNC2)C1. The Morgan fingerprint density at radius 1 is 1.33 bits per heavy atom. The zero-order valence-corrected chi connectivity index (χ0v) is 11.1. The summed E-state index contributed by atoms with van der Waals surface area (Å²) in [5.74, 6) is 2.65. The lowest BCUT2D eigenvalue weighted by Gasteiger charge is -2.35. The normalized spacial score (nSPS) is 39.9. The summed E-state index contributed by atoms with van der Waals surface area (Å²) >= 11 is 0. The number of hydrogen-bond donors (Lipinski definition) is 2. The molecule has 0 aromatic rings. The lowest BCUT2D eigenvalue weighted by atomic mass is 9.85. The van der Waals surface area contributed by atoms with Gasteiger partial charge in [-0.2, -0.15) is 0 Å². The fraction of sp³-hybridized carbons (Fsp3) is 0.929. The van der Waals surface area contributed by atoms with Crippen LogP contribution in [0.25, 0.3) is 0 Å². The van der Waals surface area contributed by atoms with E-state index in [0.29, 0.717) is 18.4 Å². The molecule has 3 N–H and O–H groups in total. The van der Waals surface area contributed by atoms with Crippen LogP contribution < -0.4 is 11.1 Å². The predicted octanol–water partition coefficient (Wildman–Crippen LogP) is 0.429. The summed E-state index contributed by atoms with van der Waals surface area (Å²) in [7, 11) is 0. The molecule has 3 aliphatic rings. The van der Waals surface area contributed by atoms with Gasteiger partial charge < -0.3 is 16.0 Å². The Balaban J connectivity index is 1.55. The van der Waals surface area contributed by atoms with E-state index in [-0.39, 0.29) is 5.92 Å². The molecule has 1 aliphatic carbocycles. The molecule has 18 heavy (non-hydrogen) atoms. The summed E-state index contributed by atoms with van der Waals surface area (Å²) in [5.41, 5.74) is 5.64. The number of piperidine rings is 1. The molecule has 2 unspecified atom stereocenters. The van der Waals surface area contributed by atoms with E-state index < -0.39 is 0 Å². The molecule has 2 saturated heterocycles. The molecule has 0 aromatic carbocycles. The van der Waals surface area contributed by atoms with E-state index in [4.69, 9.17) is 5.73 Å². The van der Waals surface area contributed by atoms with E-state index in [9.17, 15) is 4.79 Å². The molecule has 3 fully saturated rings. The third-order valence-corrected chi connectivity index (χ3v) is 5.08. The van der Waals surface area contributed by atoms with Gasteiger partial charge in [0.2, 0.25) is 5.91 Å². The van der Waals surface area contributed by atoms with Crippen molar-refractivity contribution in [3.8, 4) is 0 Å². The van der Waals surface area contributed by atoms with Crippen LogP contribution in [0.15, 0.2) is 0 Å². The van der Waals surface area contributed by atoms with Crippen molar-refractivity contribution in [1.82, 2.24) is 10.2 Å². The molecule has 0 spiro atoms. The summed E-state index contributed by atoms with van der Waals surface area (Å²) in [4.78, 5) is 14.5. The van der Waals surface area contributed by atoms with E-state index >= 15 is 0 Å². The molecule has 1 amide bonds. The van der Waals surface area contributed by atoms with E-state index in [1.807, 2.05) is 0 Å². The van der Waals surface area contributed by atoms with Crippen LogP contribution in [-0.4, -0.2) is 43.5 Å². The van der Waals surface area contributed by atoms with Crippen molar-refractivity contribution >= 4 is 5.91 Å². The average molecular weight is 251 g/mol. The number of nitrogens with zero attached hydrogens (tertiary/aromatic N) is 1. The van der Waals surface area contributed by atoms with Crippen LogP contribution >= 0.6 is 0 Å². The maximum absolute atomic E-state index is 12.3. The maximum Gasteiger partial charge on any atom is 0.226 e. The second-order valence-electron chi connectivity index (χ2n) is 6.28. The first-order valence-electron chi connectivity index (χ1n) is 7.49. The highest BCUT2D eigenvalue weighted by atomic mass is 16.2. The second-order valence-corrected chi connectivity index (χ2v) is 6.28. The fourth-order valence-corrected chi connectivity index (χ4v) is 3.72. The van der Waals surface area contributed by atoms with E-state index in [1.54, 1.807) is 0 Å². The first-order valence-corrected chi connectivity index (χ1v) is 7.49. The van der Waals surface area contributed by atoms with Crippen LogP contribution in [0.2, 0.25) is 0 Å². The van der Waals surface area contributed by atoms with E-state index in [2.05, 4.69) is 10.2 Å². The Morgan fingerprint density at radius 2 is 2.22 bits per heavy atom.